The molecule has 0 radical (unpaired) electrons. The summed E-state index contributed by atoms with van der Waals surface area (Å²) in [6.07, 6.45) is -0.138. The zero-order chi connectivity index (χ0) is 19.7. The molecule has 0 spiro atoms. The molecule has 1 aliphatic rings. The van der Waals surface area contributed by atoms with E-state index >= 15 is 0 Å². The van der Waals surface area contributed by atoms with Gasteiger partial charge in [-0.15, -0.1) is 11.3 Å². The van der Waals surface area contributed by atoms with Gasteiger partial charge in [-0.25, -0.2) is 4.98 Å². The Morgan fingerprint density at radius 1 is 1.36 bits per heavy atom. The number of thiazole rings is 1. The number of hydrogen-bond acceptors (Lipinski definition) is 7. The highest BCUT2D eigenvalue weighted by Crippen LogP contribution is 2.25. The SMILES string of the molecule is CC1=NOC(C(=O)Nc2ccc3oc(C(=O)N(C)Cc4cscn4)cc3c2)C1. The van der Waals surface area contributed by atoms with E-state index in [1.165, 1.54) is 11.3 Å². The summed E-state index contributed by atoms with van der Waals surface area (Å²) in [6, 6.07) is 6.87. The Labute approximate surface area is 164 Å². The first-order chi connectivity index (χ1) is 13.5. The Bertz CT molecular complexity index is 1060. The smallest absolute Gasteiger partial charge is 0.289 e. The third kappa shape index (κ3) is 3.74. The van der Waals surface area contributed by atoms with Crippen molar-refractivity contribution >= 4 is 45.5 Å². The van der Waals surface area contributed by atoms with Gasteiger partial charge >= 0.3 is 0 Å². The number of fused-ring (bicyclic) bond motifs is 1. The largest absolute Gasteiger partial charge is 0.451 e. The number of nitrogens with zero attached hydrogens (tertiary/aromatic N) is 3. The van der Waals surface area contributed by atoms with Crippen molar-refractivity contribution in [3.8, 4) is 0 Å². The van der Waals surface area contributed by atoms with Gasteiger partial charge in [-0.2, -0.15) is 0 Å². The minimum atomic E-state index is -0.614. The van der Waals surface area contributed by atoms with Crippen molar-refractivity contribution in [3.05, 3.63) is 46.6 Å². The Morgan fingerprint density at radius 2 is 2.21 bits per heavy atom. The maximum atomic E-state index is 12.6. The predicted molar refractivity (Wildman–Crippen MR) is 105 cm³/mol. The summed E-state index contributed by atoms with van der Waals surface area (Å²) in [5.41, 5.74) is 4.51. The van der Waals surface area contributed by atoms with Crippen molar-refractivity contribution in [3.63, 3.8) is 0 Å². The van der Waals surface area contributed by atoms with E-state index in [2.05, 4.69) is 15.5 Å². The van der Waals surface area contributed by atoms with E-state index in [9.17, 15) is 9.59 Å². The van der Waals surface area contributed by atoms with Crippen LogP contribution in [0.5, 0.6) is 0 Å². The molecule has 28 heavy (non-hydrogen) atoms. The Kier molecular flexibility index (Phi) is 4.82. The molecule has 1 aromatic carbocycles. The second-order valence-electron chi connectivity index (χ2n) is 6.62. The summed E-state index contributed by atoms with van der Waals surface area (Å²) in [5.74, 6) is -0.260. The molecule has 2 amide bonds. The van der Waals surface area contributed by atoms with Crippen LogP contribution in [0, 0.1) is 0 Å². The lowest BCUT2D eigenvalue weighted by Crippen LogP contribution is -2.27. The lowest BCUT2D eigenvalue weighted by atomic mass is 10.1. The minimum absolute atomic E-state index is 0.234. The molecule has 4 rings (SSSR count). The van der Waals surface area contributed by atoms with E-state index in [4.69, 9.17) is 9.25 Å². The van der Waals surface area contributed by atoms with Crippen molar-refractivity contribution in [2.24, 2.45) is 5.16 Å². The quantitative estimate of drug-likeness (QED) is 0.711. The van der Waals surface area contributed by atoms with Crippen LogP contribution in [-0.2, 0) is 16.2 Å². The number of amides is 2. The second kappa shape index (κ2) is 7.43. The fourth-order valence-corrected chi connectivity index (χ4v) is 3.45. The molecule has 1 aliphatic heterocycles. The van der Waals surface area contributed by atoms with E-state index in [0.717, 1.165) is 16.8 Å². The van der Waals surface area contributed by atoms with E-state index in [0.29, 0.717) is 24.2 Å². The van der Waals surface area contributed by atoms with E-state index in [1.807, 2.05) is 12.3 Å². The van der Waals surface area contributed by atoms with Crippen molar-refractivity contribution in [1.29, 1.82) is 0 Å². The molecular formula is C19H18N4O4S. The van der Waals surface area contributed by atoms with Gasteiger partial charge < -0.3 is 19.5 Å². The molecule has 3 aromatic rings. The Morgan fingerprint density at radius 3 is 2.93 bits per heavy atom. The van der Waals surface area contributed by atoms with Crippen LogP contribution in [0.2, 0.25) is 0 Å². The average molecular weight is 398 g/mol. The molecule has 0 saturated carbocycles. The zero-order valence-corrected chi connectivity index (χ0v) is 16.2. The summed E-state index contributed by atoms with van der Waals surface area (Å²) >= 11 is 1.49. The number of oxime groups is 1. The van der Waals surface area contributed by atoms with Crippen LogP contribution in [0.1, 0.15) is 29.6 Å². The topological polar surface area (TPSA) is 97.0 Å². The van der Waals surface area contributed by atoms with Crippen LogP contribution in [0.4, 0.5) is 5.69 Å². The number of carbonyl (C=O) groups is 2. The summed E-state index contributed by atoms with van der Waals surface area (Å²) in [5, 5.41) is 9.22. The Balaban J connectivity index is 1.47. The summed E-state index contributed by atoms with van der Waals surface area (Å²) < 4.78 is 5.68. The second-order valence-corrected chi connectivity index (χ2v) is 7.34. The van der Waals surface area contributed by atoms with Crippen molar-refractivity contribution in [2.75, 3.05) is 12.4 Å². The lowest BCUT2D eigenvalue weighted by Gasteiger charge is -2.13. The number of nitrogens with one attached hydrogen (secondary N) is 1. The molecule has 0 fully saturated rings. The number of aromatic nitrogens is 1. The summed E-state index contributed by atoms with van der Waals surface area (Å²) in [6.45, 7) is 2.22. The standard InChI is InChI=1S/C19H18N4O4S/c1-11-5-16(27-22-11)18(24)21-13-3-4-15-12(6-13)7-17(26-15)19(25)23(2)8-14-9-28-10-20-14/h3-4,6-7,9-10,16H,5,8H2,1-2H3,(H,21,24). The van der Waals surface area contributed by atoms with E-state index in [1.54, 1.807) is 41.7 Å². The van der Waals surface area contributed by atoms with Gasteiger partial charge in [0.2, 0.25) is 6.10 Å². The highest BCUT2D eigenvalue weighted by Gasteiger charge is 2.26. The number of furan rings is 1. The molecule has 9 heteroatoms. The Hall–Kier alpha value is -3.20. The number of anilines is 1. The lowest BCUT2D eigenvalue weighted by molar-refractivity contribution is -0.125. The zero-order valence-electron chi connectivity index (χ0n) is 15.3. The highest BCUT2D eigenvalue weighted by molar-refractivity contribution is 7.07. The molecule has 2 aromatic heterocycles. The van der Waals surface area contributed by atoms with Gasteiger partial charge in [0.25, 0.3) is 11.8 Å². The maximum absolute atomic E-state index is 12.6. The van der Waals surface area contributed by atoms with Crippen LogP contribution >= 0.6 is 11.3 Å². The van der Waals surface area contributed by atoms with Crippen molar-refractivity contribution in [2.45, 2.75) is 26.0 Å². The molecule has 0 aliphatic carbocycles. The number of hydrogen-bond donors (Lipinski definition) is 1. The first-order valence-electron chi connectivity index (χ1n) is 8.66. The number of benzene rings is 1. The van der Waals surface area contributed by atoms with Gasteiger partial charge in [-0.05, 0) is 31.2 Å². The molecule has 144 valence electrons. The molecule has 0 bridgehead atoms. The van der Waals surface area contributed by atoms with Gasteiger partial charge in [-0.3, -0.25) is 9.59 Å². The van der Waals surface area contributed by atoms with Crippen LogP contribution in [-0.4, -0.2) is 40.6 Å². The molecule has 1 N–H and O–H groups in total. The van der Waals surface area contributed by atoms with Crippen molar-refractivity contribution in [1.82, 2.24) is 9.88 Å². The van der Waals surface area contributed by atoms with Crippen LogP contribution < -0.4 is 5.32 Å². The monoisotopic (exact) mass is 398 g/mol. The first-order valence-corrected chi connectivity index (χ1v) is 9.60. The maximum Gasteiger partial charge on any atom is 0.289 e. The van der Waals surface area contributed by atoms with Gasteiger partial charge in [-0.1, -0.05) is 5.16 Å². The molecule has 8 nitrogen and oxygen atoms in total. The van der Waals surface area contributed by atoms with Crippen molar-refractivity contribution < 1.29 is 18.8 Å². The normalized spacial score (nSPS) is 15.9. The number of carbonyl (C=O) groups excluding carboxylic acids is 2. The first kappa shape index (κ1) is 18.2. The minimum Gasteiger partial charge on any atom is -0.451 e. The fourth-order valence-electron chi connectivity index (χ4n) is 2.90. The summed E-state index contributed by atoms with van der Waals surface area (Å²) in [7, 11) is 1.70. The van der Waals surface area contributed by atoms with Crippen LogP contribution in [0.15, 0.2) is 44.7 Å². The van der Waals surface area contributed by atoms with E-state index in [-0.39, 0.29) is 17.6 Å². The van der Waals surface area contributed by atoms with E-state index < -0.39 is 6.10 Å². The van der Waals surface area contributed by atoms with Gasteiger partial charge in [0.15, 0.2) is 5.76 Å². The molecular weight excluding hydrogens is 380 g/mol. The molecule has 1 unspecified atom stereocenters. The van der Waals surface area contributed by atoms with Gasteiger partial charge in [0.05, 0.1) is 23.5 Å². The molecule has 3 heterocycles. The third-order valence-corrected chi connectivity index (χ3v) is 4.97. The van der Waals surface area contributed by atoms with Gasteiger partial charge in [0, 0.05) is 29.9 Å². The fraction of sp³-hybridized carbons (Fsp3) is 0.263. The average Bonchev–Trinajstić information content (AvgIpc) is 3.41. The number of rotatable bonds is 5. The predicted octanol–water partition coefficient (Wildman–Crippen LogP) is 3.26. The summed E-state index contributed by atoms with van der Waals surface area (Å²) in [4.78, 5) is 35.7. The third-order valence-electron chi connectivity index (χ3n) is 4.33. The highest BCUT2D eigenvalue weighted by atomic mass is 32.1. The molecule has 1 atom stereocenters. The van der Waals surface area contributed by atoms with Crippen LogP contribution in [0.3, 0.4) is 0 Å². The molecule has 0 saturated heterocycles. The van der Waals surface area contributed by atoms with Crippen LogP contribution in [0.25, 0.3) is 11.0 Å². The van der Waals surface area contributed by atoms with Gasteiger partial charge in [0.1, 0.15) is 5.58 Å².